The van der Waals surface area contributed by atoms with Crippen LogP contribution in [-0.4, -0.2) is 22.9 Å². The number of allylic oxidation sites excluding steroid dienone is 1. The zero-order valence-corrected chi connectivity index (χ0v) is 12.2. The molecular formula is C15H9ClN4O2. The van der Waals surface area contributed by atoms with Crippen molar-refractivity contribution < 1.29 is 9.53 Å². The number of benzene rings is 1. The number of aromatic nitrogens is 2. The number of carbonyl (C=O) groups excluding carboxylic acids is 1. The van der Waals surface area contributed by atoms with Gasteiger partial charge in [0, 0.05) is 5.02 Å². The summed E-state index contributed by atoms with van der Waals surface area (Å²) in [6, 6.07) is 10.2. The molecule has 0 aliphatic heterocycles. The van der Waals surface area contributed by atoms with Crippen LogP contribution in [0.15, 0.2) is 36.0 Å². The molecule has 7 heteroatoms. The first-order valence-electron chi connectivity index (χ1n) is 6.05. The van der Waals surface area contributed by atoms with Gasteiger partial charge in [0.25, 0.3) is 0 Å². The molecule has 0 fully saturated rings. The average molecular weight is 313 g/mol. The predicted octanol–water partition coefficient (Wildman–Crippen LogP) is 2.74. The number of methoxy groups -OCH3 is 1. The smallest absolute Gasteiger partial charge is 0.341 e. The number of hydrogen-bond donors (Lipinski definition) is 0. The van der Waals surface area contributed by atoms with Crippen molar-refractivity contribution in [3.05, 3.63) is 52.3 Å². The number of nitriles is 2. The van der Waals surface area contributed by atoms with Gasteiger partial charge in [0.05, 0.1) is 24.7 Å². The van der Waals surface area contributed by atoms with Gasteiger partial charge in [0.1, 0.15) is 23.3 Å². The molecule has 0 saturated heterocycles. The van der Waals surface area contributed by atoms with Crippen LogP contribution in [-0.2, 0) is 4.74 Å². The molecule has 0 aliphatic carbocycles. The Morgan fingerprint density at radius 2 is 1.95 bits per heavy atom. The van der Waals surface area contributed by atoms with Crippen molar-refractivity contribution in [2.75, 3.05) is 7.11 Å². The third kappa shape index (κ3) is 2.98. The molecule has 108 valence electrons. The lowest BCUT2D eigenvalue weighted by molar-refractivity contribution is 0.0600. The first-order valence-corrected chi connectivity index (χ1v) is 6.42. The lowest BCUT2D eigenvalue weighted by Gasteiger charge is -2.06. The molecule has 1 aromatic carbocycles. The van der Waals surface area contributed by atoms with E-state index in [1.54, 1.807) is 36.4 Å². The Morgan fingerprint density at radius 3 is 2.50 bits per heavy atom. The highest BCUT2D eigenvalue weighted by atomic mass is 35.5. The average Bonchev–Trinajstić information content (AvgIpc) is 2.96. The van der Waals surface area contributed by atoms with Crippen molar-refractivity contribution in [1.29, 1.82) is 10.5 Å². The highest BCUT2D eigenvalue weighted by Gasteiger charge is 2.18. The first-order chi connectivity index (χ1) is 10.6. The van der Waals surface area contributed by atoms with E-state index in [1.807, 2.05) is 0 Å². The number of hydrogen-bond acceptors (Lipinski definition) is 5. The summed E-state index contributed by atoms with van der Waals surface area (Å²) in [6.45, 7) is 0. The number of ether oxygens (including phenoxy) is 1. The number of halogens is 1. The second kappa shape index (κ2) is 6.57. The molecule has 0 saturated carbocycles. The maximum atomic E-state index is 11.8. The topological polar surface area (TPSA) is 91.7 Å². The van der Waals surface area contributed by atoms with Crippen LogP contribution in [0.5, 0.6) is 0 Å². The summed E-state index contributed by atoms with van der Waals surface area (Å²) in [7, 11) is 1.24. The largest absolute Gasteiger partial charge is 0.465 e. The van der Waals surface area contributed by atoms with Gasteiger partial charge in [-0.2, -0.15) is 15.6 Å². The van der Waals surface area contributed by atoms with Gasteiger partial charge in [-0.3, -0.25) is 0 Å². The number of carbonyl (C=O) groups is 1. The van der Waals surface area contributed by atoms with E-state index in [9.17, 15) is 4.79 Å². The zero-order chi connectivity index (χ0) is 16.1. The highest BCUT2D eigenvalue weighted by molar-refractivity contribution is 6.30. The molecule has 0 bridgehead atoms. The Kier molecular flexibility index (Phi) is 4.57. The summed E-state index contributed by atoms with van der Waals surface area (Å²) in [4.78, 5) is 11.8. The summed E-state index contributed by atoms with van der Waals surface area (Å²) in [5.41, 5.74) is 0.912. The van der Waals surface area contributed by atoms with E-state index < -0.39 is 5.97 Å². The Hall–Kier alpha value is -3.09. The van der Waals surface area contributed by atoms with Crippen molar-refractivity contribution in [2.45, 2.75) is 0 Å². The fourth-order valence-electron chi connectivity index (χ4n) is 1.78. The third-order valence-corrected chi connectivity index (χ3v) is 3.06. The fraction of sp³-hybridized carbons (Fsp3) is 0.0667. The quantitative estimate of drug-likeness (QED) is 0.642. The second-order valence-electron chi connectivity index (χ2n) is 4.10. The van der Waals surface area contributed by atoms with Crippen LogP contribution in [0.2, 0.25) is 5.02 Å². The molecule has 0 amide bonds. The van der Waals surface area contributed by atoms with Gasteiger partial charge in [-0.25, -0.2) is 9.48 Å². The Labute approximate surface area is 131 Å². The van der Waals surface area contributed by atoms with Gasteiger partial charge in [-0.05, 0) is 30.3 Å². The molecule has 22 heavy (non-hydrogen) atoms. The monoisotopic (exact) mass is 312 g/mol. The summed E-state index contributed by atoms with van der Waals surface area (Å²) in [5, 5.41) is 22.5. The van der Waals surface area contributed by atoms with Crippen molar-refractivity contribution in [1.82, 2.24) is 9.78 Å². The molecule has 1 heterocycles. The van der Waals surface area contributed by atoms with E-state index in [0.29, 0.717) is 10.7 Å². The van der Waals surface area contributed by atoms with Crippen LogP contribution < -0.4 is 0 Å². The lowest BCUT2D eigenvalue weighted by atomic mass is 10.1. The van der Waals surface area contributed by atoms with Gasteiger partial charge in [0.2, 0.25) is 0 Å². The minimum absolute atomic E-state index is 0.152. The van der Waals surface area contributed by atoms with Crippen molar-refractivity contribution in [3.8, 4) is 17.8 Å². The van der Waals surface area contributed by atoms with Gasteiger partial charge in [-0.15, -0.1) is 0 Å². The first kappa shape index (κ1) is 15.3. The maximum absolute atomic E-state index is 11.8. The molecule has 0 spiro atoms. The van der Waals surface area contributed by atoms with Crippen LogP contribution in [0.1, 0.15) is 16.1 Å². The Balaban J connectivity index is 2.66. The molecule has 2 aromatic rings. The van der Waals surface area contributed by atoms with E-state index in [4.69, 9.17) is 22.1 Å². The highest BCUT2D eigenvalue weighted by Crippen LogP contribution is 2.20. The number of rotatable bonds is 3. The molecular weight excluding hydrogens is 304 g/mol. The molecule has 0 radical (unpaired) electrons. The van der Waals surface area contributed by atoms with Crippen LogP contribution >= 0.6 is 11.6 Å². The van der Waals surface area contributed by atoms with E-state index >= 15 is 0 Å². The van der Waals surface area contributed by atoms with E-state index in [0.717, 1.165) is 0 Å². The van der Waals surface area contributed by atoms with E-state index in [-0.39, 0.29) is 16.8 Å². The SMILES string of the molecule is COC(=O)c1cnn(-c2ccc(Cl)cc2)c1C=C(C#N)C#N. The normalized spacial score (nSPS) is 9.45. The second-order valence-corrected chi connectivity index (χ2v) is 4.54. The molecule has 0 atom stereocenters. The molecule has 2 rings (SSSR count). The van der Waals surface area contributed by atoms with Gasteiger partial charge < -0.3 is 4.74 Å². The summed E-state index contributed by atoms with van der Waals surface area (Å²) >= 11 is 5.84. The van der Waals surface area contributed by atoms with Crippen molar-refractivity contribution in [2.24, 2.45) is 0 Å². The predicted molar refractivity (Wildman–Crippen MR) is 79.1 cm³/mol. The van der Waals surface area contributed by atoms with Crippen molar-refractivity contribution in [3.63, 3.8) is 0 Å². The number of nitrogens with zero attached hydrogens (tertiary/aromatic N) is 4. The van der Waals surface area contributed by atoms with Gasteiger partial charge in [0.15, 0.2) is 0 Å². The van der Waals surface area contributed by atoms with Gasteiger partial charge in [-0.1, -0.05) is 11.6 Å². The van der Waals surface area contributed by atoms with Crippen LogP contribution in [0.3, 0.4) is 0 Å². The lowest BCUT2D eigenvalue weighted by Crippen LogP contribution is -2.05. The van der Waals surface area contributed by atoms with Crippen LogP contribution in [0.4, 0.5) is 0 Å². The summed E-state index contributed by atoms with van der Waals surface area (Å²) < 4.78 is 6.11. The van der Waals surface area contributed by atoms with E-state index in [1.165, 1.54) is 24.1 Å². The molecule has 6 nitrogen and oxygen atoms in total. The Morgan fingerprint density at radius 1 is 1.32 bits per heavy atom. The summed E-state index contributed by atoms with van der Waals surface area (Å²) in [5.74, 6) is -0.610. The fourth-order valence-corrected chi connectivity index (χ4v) is 1.90. The Bertz CT molecular complexity index is 807. The minimum Gasteiger partial charge on any atom is -0.465 e. The minimum atomic E-state index is -0.610. The van der Waals surface area contributed by atoms with Gasteiger partial charge >= 0.3 is 5.97 Å². The standard InChI is InChI=1S/C15H9ClN4O2/c1-22-15(21)13-9-19-20(12-4-2-11(16)3-5-12)14(13)6-10(7-17)8-18/h2-6,9H,1H3. The van der Waals surface area contributed by atoms with E-state index in [2.05, 4.69) is 9.84 Å². The zero-order valence-electron chi connectivity index (χ0n) is 11.4. The summed E-state index contributed by atoms with van der Waals surface area (Å²) in [6.07, 6.45) is 2.60. The van der Waals surface area contributed by atoms with Crippen molar-refractivity contribution >= 4 is 23.6 Å². The van der Waals surface area contributed by atoms with Crippen LogP contribution in [0.25, 0.3) is 11.8 Å². The molecule has 0 N–H and O–H groups in total. The maximum Gasteiger partial charge on any atom is 0.341 e. The molecule has 0 unspecified atom stereocenters. The number of esters is 1. The molecule has 0 aliphatic rings. The van der Waals surface area contributed by atoms with Crippen LogP contribution in [0, 0.1) is 22.7 Å². The molecule has 1 aromatic heterocycles. The third-order valence-electron chi connectivity index (χ3n) is 2.80.